The first kappa shape index (κ1) is 7.78. The molecule has 0 amide bonds. The normalized spacial score (nSPS) is 10.5. The fourth-order valence-electron chi connectivity index (χ4n) is 1.11. The van der Waals surface area contributed by atoms with Crippen LogP contribution in [0, 0.1) is 0 Å². The molecule has 0 aliphatic heterocycles. The number of nitrogens with two attached hydrogens (primary N) is 1. The molecule has 6 heteroatoms. The number of imidazole rings is 1. The summed E-state index contributed by atoms with van der Waals surface area (Å²) in [6.07, 6.45) is 5.18. The second kappa shape index (κ2) is 2.89. The Bertz CT molecular complexity index is 401. The highest BCUT2D eigenvalue weighted by Crippen LogP contribution is 2.02. The van der Waals surface area contributed by atoms with Crippen LogP contribution in [0.15, 0.2) is 18.6 Å². The van der Waals surface area contributed by atoms with E-state index in [1.807, 2.05) is 10.8 Å². The largest absolute Gasteiger partial charge is 0.369 e. The van der Waals surface area contributed by atoms with Crippen molar-refractivity contribution in [3.05, 3.63) is 24.3 Å². The van der Waals surface area contributed by atoms with Crippen molar-refractivity contribution in [2.45, 2.75) is 6.54 Å². The predicted molar refractivity (Wildman–Crippen MR) is 46.7 cm³/mol. The fourth-order valence-corrected chi connectivity index (χ4v) is 1.11. The summed E-state index contributed by atoms with van der Waals surface area (Å²) >= 11 is 0. The van der Waals surface area contributed by atoms with Crippen LogP contribution in [0.2, 0.25) is 0 Å². The minimum atomic E-state index is 0.491. The van der Waals surface area contributed by atoms with Crippen molar-refractivity contribution in [2.24, 2.45) is 7.05 Å². The van der Waals surface area contributed by atoms with E-state index in [1.54, 1.807) is 19.4 Å². The Kier molecular flexibility index (Phi) is 1.73. The summed E-state index contributed by atoms with van der Waals surface area (Å²) < 4.78 is 1.81. The van der Waals surface area contributed by atoms with Crippen molar-refractivity contribution in [3.8, 4) is 0 Å². The van der Waals surface area contributed by atoms with Crippen LogP contribution in [0.4, 0.5) is 5.95 Å². The fraction of sp³-hybridized carbons (Fsp3) is 0.286. The quantitative estimate of drug-likeness (QED) is 0.681. The lowest BCUT2D eigenvalue weighted by Gasteiger charge is -1.99. The third-order valence-electron chi connectivity index (χ3n) is 1.73. The summed E-state index contributed by atoms with van der Waals surface area (Å²) in [6, 6.07) is 0. The van der Waals surface area contributed by atoms with Crippen molar-refractivity contribution in [3.63, 3.8) is 0 Å². The molecular weight excluding hydrogens is 168 g/mol. The first-order chi connectivity index (χ1) is 6.25. The molecule has 2 N–H and O–H groups in total. The van der Waals surface area contributed by atoms with Crippen LogP contribution in [-0.2, 0) is 13.6 Å². The molecule has 2 aromatic rings. The number of rotatable bonds is 2. The maximum atomic E-state index is 5.59. The van der Waals surface area contributed by atoms with Crippen LogP contribution < -0.4 is 5.73 Å². The monoisotopic (exact) mass is 178 g/mol. The lowest BCUT2D eigenvalue weighted by atomic mass is 10.5. The van der Waals surface area contributed by atoms with Gasteiger partial charge < -0.3 is 10.3 Å². The third-order valence-corrected chi connectivity index (χ3v) is 1.73. The summed E-state index contributed by atoms with van der Waals surface area (Å²) in [4.78, 5) is 5.42. The average Bonchev–Trinajstić information content (AvgIpc) is 2.64. The van der Waals surface area contributed by atoms with Gasteiger partial charge in [0.15, 0.2) is 5.95 Å². The molecule has 68 valence electrons. The van der Waals surface area contributed by atoms with Gasteiger partial charge in [-0.25, -0.2) is 4.98 Å². The van der Waals surface area contributed by atoms with Gasteiger partial charge in [-0.15, -0.1) is 0 Å². The molecule has 13 heavy (non-hydrogen) atoms. The zero-order chi connectivity index (χ0) is 9.26. The van der Waals surface area contributed by atoms with Gasteiger partial charge in [-0.3, -0.25) is 0 Å². The SMILES string of the molecule is Cn1ncc(Cn2ccnc2N)n1. The molecule has 0 saturated heterocycles. The van der Waals surface area contributed by atoms with Crippen LogP contribution in [0.5, 0.6) is 0 Å². The van der Waals surface area contributed by atoms with E-state index in [-0.39, 0.29) is 0 Å². The Labute approximate surface area is 75.0 Å². The van der Waals surface area contributed by atoms with Gasteiger partial charge in [-0.1, -0.05) is 0 Å². The molecule has 0 aromatic carbocycles. The van der Waals surface area contributed by atoms with E-state index < -0.39 is 0 Å². The van der Waals surface area contributed by atoms with Crippen LogP contribution in [-0.4, -0.2) is 24.5 Å². The Morgan fingerprint density at radius 1 is 1.54 bits per heavy atom. The van der Waals surface area contributed by atoms with E-state index in [0.717, 1.165) is 5.69 Å². The summed E-state index contributed by atoms with van der Waals surface area (Å²) in [7, 11) is 1.78. The van der Waals surface area contributed by atoms with Crippen molar-refractivity contribution in [1.82, 2.24) is 24.5 Å². The number of aryl methyl sites for hydroxylation is 1. The zero-order valence-corrected chi connectivity index (χ0v) is 7.25. The average molecular weight is 178 g/mol. The number of hydrogen-bond acceptors (Lipinski definition) is 4. The Morgan fingerprint density at radius 2 is 2.38 bits per heavy atom. The molecule has 0 radical (unpaired) electrons. The molecule has 0 aliphatic carbocycles. The maximum Gasteiger partial charge on any atom is 0.200 e. The molecule has 0 aliphatic rings. The summed E-state index contributed by atoms with van der Waals surface area (Å²) in [5.74, 6) is 0.491. The van der Waals surface area contributed by atoms with Crippen LogP contribution in [0.1, 0.15) is 5.69 Å². The number of anilines is 1. The molecule has 0 fully saturated rings. The van der Waals surface area contributed by atoms with Gasteiger partial charge in [0.05, 0.1) is 12.7 Å². The van der Waals surface area contributed by atoms with Crippen LogP contribution in [0.3, 0.4) is 0 Å². The highest BCUT2D eigenvalue weighted by Gasteiger charge is 2.01. The van der Waals surface area contributed by atoms with E-state index in [1.165, 1.54) is 4.80 Å². The van der Waals surface area contributed by atoms with Crippen molar-refractivity contribution in [2.75, 3.05) is 5.73 Å². The smallest absolute Gasteiger partial charge is 0.200 e. The first-order valence-corrected chi connectivity index (χ1v) is 3.87. The Balaban J connectivity index is 2.19. The van der Waals surface area contributed by atoms with Crippen molar-refractivity contribution >= 4 is 5.95 Å². The number of hydrogen-bond donors (Lipinski definition) is 1. The highest BCUT2D eigenvalue weighted by molar-refractivity contribution is 5.18. The third kappa shape index (κ3) is 1.51. The van der Waals surface area contributed by atoms with E-state index in [9.17, 15) is 0 Å². The Morgan fingerprint density at radius 3 is 2.92 bits per heavy atom. The van der Waals surface area contributed by atoms with Crippen molar-refractivity contribution < 1.29 is 0 Å². The number of nitrogen functional groups attached to an aromatic ring is 1. The van der Waals surface area contributed by atoms with E-state index in [4.69, 9.17) is 5.73 Å². The topological polar surface area (TPSA) is 74.5 Å². The lowest BCUT2D eigenvalue weighted by Crippen LogP contribution is -2.04. The molecule has 2 rings (SSSR count). The van der Waals surface area contributed by atoms with Gasteiger partial charge in [0, 0.05) is 19.4 Å². The summed E-state index contributed by atoms with van der Waals surface area (Å²) in [5, 5.41) is 8.09. The van der Waals surface area contributed by atoms with Crippen molar-refractivity contribution in [1.29, 1.82) is 0 Å². The summed E-state index contributed by atoms with van der Waals surface area (Å²) in [5.41, 5.74) is 6.46. The van der Waals surface area contributed by atoms with E-state index >= 15 is 0 Å². The van der Waals surface area contributed by atoms with Crippen LogP contribution in [0.25, 0.3) is 0 Å². The molecule has 0 bridgehead atoms. The van der Waals surface area contributed by atoms with Gasteiger partial charge in [-0.2, -0.15) is 15.0 Å². The van der Waals surface area contributed by atoms with Gasteiger partial charge >= 0.3 is 0 Å². The van der Waals surface area contributed by atoms with Gasteiger partial charge in [-0.05, 0) is 0 Å². The maximum absolute atomic E-state index is 5.59. The first-order valence-electron chi connectivity index (χ1n) is 3.87. The van der Waals surface area contributed by atoms with E-state index in [0.29, 0.717) is 12.5 Å². The molecule has 0 saturated carbocycles. The highest BCUT2D eigenvalue weighted by atomic mass is 15.4. The van der Waals surface area contributed by atoms with Crippen LogP contribution >= 0.6 is 0 Å². The number of aromatic nitrogens is 5. The van der Waals surface area contributed by atoms with Gasteiger partial charge in [0.2, 0.25) is 0 Å². The second-order valence-electron chi connectivity index (χ2n) is 2.74. The van der Waals surface area contributed by atoms with E-state index in [2.05, 4.69) is 15.2 Å². The van der Waals surface area contributed by atoms with Gasteiger partial charge in [0.25, 0.3) is 0 Å². The molecule has 6 nitrogen and oxygen atoms in total. The molecule has 0 atom stereocenters. The molecule has 2 aromatic heterocycles. The Hall–Kier alpha value is -1.85. The lowest BCUT2D eigenvalue weighted by molar-refractivity contribution is 0.637. The summed E-state index contributed by atoms with van der Waals surface area (Å²) in [6.45, 7) is 0.611. The molecular formula is C7H10N6. The second-order valence-corrected chi connectivity index (χ2v) is 2.74. The zero-order valence-electron chi connectivity index (χ0n) is 7.25. The minimum Gasteiger partial charge on any atom is -0.369 e. The molecule has 0 unspecified atom stereocenters. The molecule has 2 heterocycles. The predicted octanol–water partition coefficient (Wildman–Crippen LogP) is -0.358. The number of nitrogens with zero attached hydrogens (tertiary/aromatic N) is 5. The molecule has 0 spiro atoms. The minimum absolute atomic E-state index is 0.491. The van der Waals surface area contributed by atoms with Gasteiger partial charge in [0.1, 0.15) is 5.69 Å². The standard InChI is InChI=1S/C7H10N6/c1-12-10-4-6(11-12)5-13-3-2-9-7(13)8/h2-4H,5H2,1H3,(H2,8,9).